The molecule has 0 amide bonds. The quantitative estimate of drug-likeness (QED) is 0.179. The van der Waals surface area contributed by atoms with Crippen LogP contribution in [-0.2, 0) is 5.41 Å². The van der Waals surface area contributed by atoms with Crippen molar-refractivity contribution in [1.82, 2.24) is 15.0 Å². The molecular weight excluding hydrogens is 671 g/mol. The molecule has 4 nitrogen and oxygen atoms in total. The fraction of sp³-hybridized carbons (Fsp3) is 0.118. The van der Waals surface area contributed by atoms with E-state index in [0.29, 0.717) is 17.5 Å². The Morgan fingerprint density at radius 3 is 1.76 bits per heavy atom. The lowest BCUT2D eigenvalue weighted by atomic mass is 9.67. The highest BCUT2D eigenvalue weighted by Gasteiger charge is 2.43. The van der Waals surface area contributed by atoms with Crippen LogP contribution in [0.3, 0.4) is 0 Å². The zero-order chi connectivity index (χ0) is 36.3. The van der Waals surface area contributed by atoms with Crippen molar-refractivity contribution in [2.75, 3.05) is 0 Å². The van der Waals surface area contributed by atoms with Gasteiger partial charge in [0.1, 0.15) is 11.2 Å². The molecule has 11 rings (SSSR count). The summed E-state index contributed by atoms with van der Waals surface area (Å²) in [6.07, 6.45) is 6.36. The monoisotopic (exact) mass is 707 g/mol. The van der Waals surface area contributed by atoms with Gasteiger partial charge in [0.05, 0.1) is 0 Å². The van der Waals surface area contributed by atoms with Crippen molar-refractivity contribution < 1.29 is 4.42 Å². The summed E-state index contributed by atoms with van der Waals surface area (Å²) < 4.78 is 6.25. The Morgan fingerprint density at radius 1 is 0.382 bits per heavy atom. The zero-order valence-corrected chi connectivity index (χ0v) is 30.4. The average molecular weight is 708 g/mol. The van der Waals surface area contributed by atoms with Crippen LogP contribution in [0.1, 0.15) is 43.2 Å². The molecule has 0 atom stereocenters. The second-order valence-electron chi connectivity index (χ2n) is 15.1. The van der Waals surface area contributed by atoms with Crippen molar-refractivity contribution in [3.63, 3.8) is 0 Å². The van der Waals surface area contributed by atoms with Crippen molar-refractivity contribution in [2.45, 2.75) is 37.5 Å². The highest BCUT2D eigenvalue weighted by molar-refractivity contribution is 6.11. The molecule has 7 aromatic carbocycles. The van der Waals surface area contributed by atoms with Crippen molar-refractivity contribution in [3.8, 4) is 67.5 Å². The van der Waals surface area contributed by atoms with E-state index in [0.717, 1.165) is 49.8 Å². The Morgan fingerprint density at radius 2 is 0.945 bits per heavy atom. The molecule has 1 spiro atoms. The van der Waals surface area contributed by atoms with Gasteiger partial charge in [0, 0.05) is 32.9 Å². The average Bonchev–Trinajstić information content (AvgIpc) is 3.77. The first-order valence-corrected chi connectivity index (χ1v) is 19.4. The molecule has 2 aliphatic carbocycles. The van der Waals surface area contributed by atoms with Crippen LogP contribution in [-0.4, -0.2) is 15.0 Å². The van der Waals surface area contributed by atoms with E-state index in [-0.39, 0.29) is 5.41 Å². The molecule has 0 N–H and O–H groups in total. The maximum absolute atomic E-state index is 6.25. The molecule has 4 heteroatoms. The third kappa shape index (κ3) is 5.24. The van der Waals surface area contributed by atoms with E-state index in [2.05, 4.69) is 103 Å². The SMILES string of the molecule is c1ccc(-c2nc(-c3cccc(-c4cccc(-c5ccc6c(c5)C5(CCCCC5)c5ccccc5-6)c4)c3)nc(-c3cccc4oc5ccccc5c34)n2)cc1. The molecule has 0 radical (unpaired) electrons. The largest absolute Gasteiger partial charge is 0.456 e. The van der Waals surface area contributed by atoms with Crippen molar-refractivity contribution in [3.05, 3.63) is 175 Å². The van der Waals surface area contributed by atoms with Gasteiger partial charge in [0.2, 0.25) is 0 Å². The fourth-order valence-electron chi connectivity index (χ4n) is 9.35. The summed E-state index contributed by atoms with van der Waals surface area (Å²) in [5, 5.41) is 2.05. The number of hydrogen-bond donors (Lipinski definition) is 0. The van der Waals surface area contributed by atoms with E-state index in [1.54, 1.807) is 0 Å². The fourth-order valence-corrected chi connectivity index (χ4v) is 9.35. The Labute approximate surface area is 320 Å². The second kappa shape index (κ2) is 12.7. The number of hydrogen-bond acceptors (Lipinski definition) is 4. The number of furan rings is 1. The summed E-state index contributed by atoms with van der Waals surface area (Å²) >= 11 is 0. The van der Waals surface area contributed by atoms with Gasteiger partial charge in [-0.3, -0.25) is 0 Å². The third-order valence-electron chi connectivity index (χ3n) is 11.9. The van der Waals surface area contributed by atoms with Gasteiger partial charge in [-0.2, -0.15) is 0 Å². The molecule has 1 saturated carbocycles. The van der Waals surface area contributed by atoms with Crippen LogP contribution in [0.4, 0.5) is 0 Å². The summed E-state index contributed by atoms with van der Waals surface area (Å²) in [7, 11) is 0. The lowest BCUT2D eigenvalue weighted by Gasteiger charge is -2.36. The van der Waals surface area contributed by atoms with Crippen LogP contribution in [0.15, 0.2) is 168 Å². The molecule has 0 unspecified atom stereocenters. The van der Waals surface area contributed by atoms with E-state index < -0.39 is 0 Å². The zero-order valence-electron chi connectivity index (χ0n) is 30.4. The summed E-state index contributed by atoms with van der Waals surface area (Å²) in [6, 6.07) is 58.2. The van der Waals surface area contributed by atoms with Gasteiger partial charge in [-0.15, -0.1) is 0 Å². The van der Waals surface area contributed by atoms with Crippen LogP contribution in [0.2, 0.25) is 0 Å². The molecule has 0 aliphatic heterocycles. The maximum Gasteiger partial charge on any atom is 0.164 e. The molecule has 9 aromatic rings. The summed E-state index contributed by atoms with van der Waals surface area (Å²) in [5.74, 6) is 1.87. The minimum absolute atomic E-state index is 0.129. The number of aromatic nitrogens is 3. The number of fused-ring (bicyclic) bond motifs is 8. The molecule has 262 valence electrons. The van der Waals surface area contributed by atoms with Crippen LogP contribution in [0.5, 0.6) is 0 Å². The third-order valence-corrected chi connectivity index (χ3v) is 11.9. The highest BCUT2D eigenvalue weighted by atomic mass is 16.3. The number of benzene rings is 7. The first kappa shape index (κ1) is 31.8. The number of nitrogens with zero attached hydrogens (tertiary/aromatic N) is 3. The van der Waals surface area contributed by atoms with Gasteiger partial charge >= 0.3 is 0 Å². The van der Waals surface area contributed by atoms with Gasteiger partial charge in [0.15, 0.2) is 17.5 Å². The number of rotatable bonds is 5. The highest BCUT2D eigenvalue weighted by Crippen LogP contribution is 2.56. The van der Waals surface area contributed by atoms with Crippen LogP contribution in [0, 0.1) is 0 Å². The maximum atomic E-state index is 6.25. The standard InChI is InChI=1S/C51H37N3O/c1-3-14-33(15-4-1)48-52-49(54-50(53-48)42-22-13-25-46-47(42)41-21-6-8-24-45(41)55-46)38-19-12-18-36(31-38)34-16-11-17-35(30-34)37-26-27-40-39-20-5-7-23-43(39)51(44(40)32-37)28-9-2-10-29-51/h1,3-8,11-27,30-32H,2,9-10,28-29H2. The molecule has 55 heavy (non-hydrogen) atoms. The minimum atomic E-state index is 0.129. The summed E-state index contributed by atoms with van der Waals surface area (Å²) in [5.41, 5.74) is 15.2. The predicted molar refractivity (Wildman–Crippen MR) is 224 cm³/mol. The Kier molecular flexibility index (Phi) is 7.38. The van der Waals surface area contributed by atoms with Crippen molar-refractivity contribution in [2.24, 2.45) is 0 Å². The Hall–Kier alpha value is -6.65. The van der Waals surface area contributed by atoms with E-state index in [1.165, 1.54) is 65.5 Å². The lowest BCUT2D eigenvalue weighted by molar-refractivity contribution is 0.353. The van der Waals surface area contributed by atoms with Gasteiger partial charge in [0.25, 0.3) is 0 Å². The molecule has 2 aromatic heterocycles. The van der Waals surface area contributed by atoms with E-state index in [4.69, 9.17) is 19.4 Å². The van der Waals surface area contributed by atoms with Crippen LogP contribution >= 0.6 is 0 Å². The lowest BCUT2D eigenvalue weighted by Crippen LogP contribution is -2.28. The number of para-hydroxylation sites is 1. The smallest absolute Gasteiger partial charge is 0.164 e. The topological polar surface area (TPSA) is 51.8 Å². The predicted octanol–water partition coefficient (Wildman–Crippen LogP) is 13.3. The molecule has 0 bridgehead atoms. The van der Waals surface area contributed by atoms with Gasteiger partial charge in [-0.1, -0.05) is 153 Å². The van der Waals surface area contributed by atoms with E-state index in [9.17, 15) is 0 Å². The molecular formula is C51H37N3O. The molecule has 0 saturated heterocycles. The summed E-state index contributed by atoms with van der Waals surface area (Å²) in [6.45, 7) is 0. The van der Waals surface area contributed by atoms with Gasteiger partial charge < -0.3 is 4.42 Å². The first-order valence-electron chi connectivity index (χ1n) is 19.4. The van der Waals surface area contributed by atoms with Crippen LogP contribution in [0.25, 0.3) is 89.5 Å². The van der Waals surface area contributed by atoms with Gasteiger partial charge in [-0.05, 0) is 87.7 Å². The molecule has 2 aliphatic rings. The Bertz CT molecular complexity index is 2920. The first-order chi connectivity index (χ1) is 27.2. The van der Waals surface area contributed by atoms with Crippen LogP contribution < -0.4 is 0 Å². The second-order valence-corrected chi connectivity index (χ2v) is 15.1. The van der Waals surface area contributed by atoms with Crippen molar-refractivity contribution in [1.29, 1.82) is 0 Å². The van der Waals surface area contributed by atoms with E-state index >= 15 is 0 Å². The molecule has 2 heterocycles. The minimum Gasteiger partial charge on any atom is -0.456 e. The van der Waals surface area contributed by atoms with Crippen molar-refractivity contribution >= 4 is 21.9 Å². The van der Waals surface area contributed by atoms with Gasteiger partial charge in [-0.25, -0.2) is 15.0 Å². The normalized spacial score (nSPS) is 14.3. The Balaban J connectivity index is 1.01. The van der Waals surface area contributed by atoms with E-state index in [1.807, 2.05) is 60.7 Å². The molecule has 1 fully saturated rings. The summed E-state index contributed by atoms with van der Waals surface area (Å²) in [4.78, 5) is 15.3.